The molecule has 3 nitrogen and oxygen atoms in total. The fraction of sp³-hybridized carbons (Fsp3) is 0.167. The fourth-order valence-corrected chi connectivity index (χ4v) is 5.12. The summed E-state index contributed by atoms with van der Waals surface area (Å²) >= 11 is 0. The molecule has 0 bridgehead atoms. The molecule has 1 aliphatic heterocycles. The third-order valence-corrected chi connectivity index (χ3v) is 8.10. The molecule has 0 radical (unpaired) electrons. The van der Waals surface area contributed by atoms with Crippen molar-refractivity contribution in [3.8, 4) is 22.3 Å². The van der Waals surface area contributed by atoms with Crippen LogP contribution in [0.5, 0.6) is 0 Å². The molecule has 0 aliphatic carbocycles. The summed E-state index contributed by atoms with van der Waals surface area (Å²) in [6.07, 6.45) is 0. The second kappa shape index (κ2) is 10.5. The molecule has 1 saturated heterocycles. The standard InChI is InChI=1S/C36H34BNO2/c1-35(2)36(3,4)40-37(39-35)31-16-12-20-34(26-31)38(32-17-9-6-10-18-32)33-19-11-15-30(25-33)29-23-21-28(22-24-29)27-13-7-5-8-14-27/h5-26H,1-4H3. The summed E-state index contributed by atoms with van der Waals surface area (Å²) in [6, 6.07) is 47.0. The maximum Gasteiger partial charge on any atom is 0.494 e. The van der Waals surface area contributed by atoms with E-state index in [-0.39, 0.29) is 0 Å². The van der Waals surface area contributed by atoms with Crippen LogP contribution in [0.4, 0.5) is 17.1 Å². The van der Waals surface area contributed by atoms with Crippen molar-refractivity contribution < 1.29 is 9.31 Å². The third-order valence-electron chi connectivity index (χ3n) is 8.10. The lowest BCUT2D eigenvalue weighted by Crippen LogP contribution is -2.41. The molecule has 5 aromatic rings. The summed E-state index contributed by atoms with van der Waals surface area (Å²) in [5.41, 5.74) is 8.23. The molecule has 4 heteroatoms. The van der Waals surface area contributed by atoms with E-state index in [9.17, 15) is 0 Å². The van der Waals surface area contributed by atoms with Crippen LogP contribution in [0.1, 0.15) is 27.7 Å². The van der Waals surface area contributed by atoms with Crippen LogP contribution in [0.25, 0.3) is 22.3 Å². The van der Waals surface area contributed by atoms with E-state index in [0.29, 0.717) is 0 Å². The van der Waals surface area contributed by atoms with Gasteiger partial charge in [0.2, 0.25) is 0 Å². The number of para-hydroxylation sites is 1. The third kappa shape index (κ3) is 5.09. The Morgan fingerprint density at radius 2 is 0.900 bits per heavy atom. The highest BCUT2D eigenvalue weighted by Crippen LogP contribution is 2.39. The molecule has 1 heterocycles. The summed E-state index contributed by atoms with van der Waals surface area (Å²) in [4.78, 5) is 2.29. The first kappa shape index (κ1) is 26.1. The van der Waals surface area contributed by atoms with Crippen LogP contribution >= 0.6 is 0 Å². The molecule has 0 spiro atoms. The lowest BCUT2D eigenvalue weighted by Gasteiger charge is -2.32. The van der Waals surface area contributed by atoms with E-state index in [0.717, 1.165) is 22.5 Å². The van der Waals surface area contributed by atoms with Gasteiger partial charge in [-0.1, -0.05) is 97.1 Å². The topological polar surface area (TPSA) is 21.7 Å². The molecule has 0 saturated carbocycles. The Hall–Kier alpha value is -4.12. The van der Waals surface area contributed by atoms with Gasteiger partial charge in [0.15, 0.2) is 0 Å². The zero-order valence-electron chi connectivity index (χ0n) is 23.5. The minimum Gasteiger partial charge on any atom is -0.399 e. The van der Waals surface area contributed by atoms with Gasteiger partial charge in [-0.25, -0.2) is 0 Å². The molecule has 5 aromatic carbocycles. The molecule has 1 fully saturated rings. The van der Waals surface area contributed by atoms with Crippen molar-refractivity contribution in [3.63, 3.8) is 0 Å². The van der Waals surface area contributed by atoms with Crippen LogP contribution < -0.4 is 10.4 Å². The average Bonchev–Trinajstić information content (AvgIpc) is 3.21. The van der Waals surface area contributed by atoms with E-state index in [1.54, 1.807) is 0 Å². The number of hydrogen-bond acceptors (Lipinski definition) is 3. The zero-order chi connectivity index (χ0) is 27.7. The zero-order valence-corrected chi connectivity index (χ0v) is 23.5. The smallest absolute Gasteiger partial charge is 0.399 e. The Bertz CT molecular complexity index is 1580. The molecular weight excluding hydrogens is 489 g/mol. The molecule has 0 N–H and O–H groups in total. The lowest BCUT2D eigenvalue weighted by molar-refractivity contribution is 0.00578. The molecule has 0 unspecified atom stereocenters. The highest BCUT2D eigenvalue weighted by Gasteiger charge is 2.51. The Balaban J connectivity index is 1.37. The van der Waals surface area contributed by atoms with Gasteiger partial charge in [-0.05, 0) is 91.8 Å². The van der Waals surface area contributed by atoms with E-state index in [1.165, 1.54) is 22.3 Å². The van der Waals surface area contributed by atoms with E-state index in [2.05, 4.69) is 154 Å². The molecule has 0 atom stereocenters. The second-order valence-corrected chi connectivity index (χ2v) is 11.3. The minimum atomic E-state index is -0.419. The van der Waals surface area contributed by atoms with Gasteiger partial charge in [-0.2, -0.15) is 0 Å². The highest BCUT2D eigenvalue weighted by atomic mass is 16.7. The quantitative estimate of drug-likeness (QED) is 0.208. The molecule has 0 amide bonds. The van der Waals surface area contributed by atoms with Crippen LogP contribution in [0.2, 0.25) is 0 Å². The predicted molar refractivity (Wildman–Crippen MR) is 168 cm³/mol. The number of nitrogens with zero attached hydrogens (tertiary/aromatic N) is 1. The van der Waals surface area contributed by atoms with Crippen molar-refractivity contribution >= 4 is 29.6 Å². The number of anilines is 3. The highest BCUT2D eigenvalue weighted by molar-refractivity contribution is 6.62. The predicted octanol–water partition coefficient (Wildman–Crippen LogP) is 8.79. The monoisotopic (exact) mass is 523 g/mol. The maximum atomic E-state index is 6.37. The van der Waals surface area contributed by atoms with E-state index in [4.69, 9.17) is 9.31 Å². The first-order chi connectivity index (χ1) is 19.3. The average molecular weight is 523 g/mol. The number of benzene rings is 5. The second-order valence-electron chi connectivity index (χ2n) is 11.3. The summed E-state index contributed by atoms with van der Waals surface area (Å²) in [6.45, 7) is 8.35. The lowest BCUT2D eigenvalue weighted by atomic mass is 9.79. The van der Waals surface area contributed by atoms with Crippen LogP contribution in [-0.4, -0.2) is 18.3 Å². The van der Waals surface area contributed by atoms with Crippen LogP contribution in [0, 0.1) is 0 Å². The largest absolute Gasteiger partial charge is 0.494 e. The molecule has 198 valence electrons. The van der Waals surface area contributed by atoms with Crippen molar-refractivity contribution in [2.45, 2.75) is 38.9 Å². The van der Waals surface area contributed by atoms with Gasteiger partial charge in [0, 0.05) is 17.1 Å². The molecular formula is C36H34BNO2. The van der Waals surface area contributed by atoms with Crippen molar-refractivity contribution in [2.75, 3.05) is 4.90 Å². The summed E-state index contributed by atoms with van der Waals surface area (Å²) < 4.78 is 12.7. The van der Waals surface area contributed by atoms with Gasteiger partial charge in [0.1, 0.15) is 0 Å². The van der Waals surface area contributed by atoms with Gasteiger partial charge in [-0.3, -0.25) is 0 Å². The van der Waals surface area contributed by atoms with Gasteiger partial charge >= 0.3 is 7.12 Å². The number of hydrogen-bond donors (Lipinski definition) is 0. The first-order valence-electron chi connectivity index (χ1n) is 13.9. The van der Waals surface area contributed by atoms with Crippen molar-refractivity contribution in [1.29, 1.82) is 0 Å². The van der Waals surface area contributed by atoms with Gasteiger partial charge < -0.3 is 14.2 Å². The van der Waals surface area contributed by atoms with Gasteiger partial charge in [0.25, 0.3) is 0 Å². The van der Waals surface area contributed by atoms with Crippen molar-refractivity contribution in [2.24, 2.45) is 0 Å². The van der Waals surface area contributed by atoms with Gasteiger partial charge in [0.05, 0.1) is 11.2 Å². The Kier molecular flexibility index (Phi) is 6.83. The molecule has 1 aliphatic rings. The van der Waals surface area contributed by atoms with Crippen molar-refractivity contribution in [1.82, 2.24) is 0 Å². The minimum absolute atomic E-state index is 0.392. The Morgan fingerprint density at radius 3 is 1.52 bits per heavy atom. The van der Waals surface area contributed by atoms with Crippen molar-refractivity contribution in [3.05, 3.63) is 133 Å². The summed E-state index contributed by atoms with van der Waals surface area (Å²) in [7, 11) is -0.419. The SMILES string of the molecule is CC1(C)OB(c2cccc(N(c3ccccc3)c3cccc(-c4ccc(-c5ccccc5)cc4)c3)c2)OC1(C)C. The molecule has 6 rings (SSSR count). The maximum absolute atomic E-state index is 6.37. The number of rotatable bonds is 6. The van der Waals surface area contributed by atoms with Gasteiger partial charge in [-0.15, -0.1) is 0 Å². The van der Waals surface area contributed by atoms with Crippen LogP contribution in [-0.2, 0) is 9.31 Å². The molecule has 40 heavy (non-hydrogen) atoms. The van der Waals surface area contributed by atoms with E-state index >= 15 is 0 Å². The summed E-state index contributed by atoms with van der Waals surface area (Å²) in [5, 5.41) is 0. The van der Waals surface area contributed by atoms with Crippen LogP contribution in [0.15, 0.2) is 133 Å². The van der Waals surface area contributed by atoms with E-state index < -0.39 is 18.3 Å². The van der Waals surface area contributed by atoms with Crippen LogP contribution in [0.3, 0.4) is 0 Å². The Labute approximate surface area is 238 Å². The Morgan fingerprint density at radius 1 is 0.450 bits per heavy atom. The first-order valence-corrected chi connectivity index (χ1v) is 13.9. The molecule has 0 aromatic heterocycles. The summed E-state index contributed by atoms with van der Waals surface area (Å²) in [5.74, 6) is 0. The normalized spacial score (nSPS) is 15.7. The van der Waals surface area contributed by atoms with E-state index in [1.807, 2.05) is 12.1 Å². The fourth-order valence-electron chi connectivity index (χ4n) is 5.12.